The molecule has 2 amide bonds. The summed E-state index contributed by atoms with van der Waals surface area (Å²) in [5, 5.41) is 6.12. The second-order valence-corrected chi connectivity index (χ2v) is 6.87. The van der Waals surface area contributed by atoms with Crippen molar-refractivity contribution in [1.82, 2.24) is 10.6 Å². The molecule has 2 rings (SSSR count). The van der Waals surface area contributed by atoms with Crippen LogP contribution in [-0.4, -0.2) is 37.5 Å². The fourth-order valence-electron chi connectivity index (χ4n) is 2.55. The highest BCUT2D eigenvalue weighted by atomic mass is 35.5. The number of halogens is 1. The van der Waals surface area contributed by atoms with Gasteiger partial charge in [0.05, 0.1) is 11.6 Å². The van der Waals surface area contributed by atoms with Gasteiger partial charge in [-0.05, 0) is 43.2 Å². The van der Waals surface area contributed by atoms with Gasteiger partial charge >= 0.3 is 5.97 Å². The number of carbonyl (C=O) groups excluding carboxylic acids is 3. The van der Waals surface area contributed by atoms with E-state index >= 15 is 0 Å². The van der Waals surface area contributed by atoms with Crippen molar-refractivity contribution in [2.75, 3.05) is 19.7 Å². The summed E-state index contributed by atoms with van der Waals surface area (Å²) in [5.74, 6) is 0.138. The third-order valence-corrected chi connectivity index (χ3v) is 4.27. The molecule has 7 nitrogen and oxygen atoms in total. The molecule has 0 saturated heterocycles. The van der Waals surface area contributed by atoms with Gasteiger partial charge in [-0.15, -0.1) is 0 Å². The second kappa shape index (κ2) is 12.5. The van der Waals surface area contributed by atoms with Crippen molar-refractivity contribution in [3.8, 4) is 11.5 Å². The average Bonchev–Trinajstić information content (AvgIpc) is 2.71. The molecular weight excluding hydrogens is 408 g/mol. The van der Waals surface area contributed by atoms with Gasteiger partial charge in [0.2, 0.25) is 5.91 Å². The third-order valence-electron chi connectivity index (χ3n) is 3.96. The van der Waals surface area contributed by atoms with Crippen molar-refractivity contribution < 1.29 is 23.9 Å². The maximum absolute atomic E-state index is 12.1. The van der Waals surface area contributed by atoms with Crippen LogP contribution in [0.3, 0.4) is 0 Å². The topological polar surface area (TPSA) is 93.7 Å². The van der Waals surface area contributed by atoms with Gasteiger partial charge in [-0.25, -0.2) is 0 Å². The lowest BCUT2D eigenvalue weighted by Crippen LogP contribution is -2.30. The minimum absolute atomic E-state index is 0.0711. The summed E-state index contributed by atoms with van der Waals surface area (Å²) in [6.45, 7) is 2.57. The number of hydrogen-bond donors (Lipinski definition) is 2. The first kappa shape index (κ1) is 23.2. The molecule has 160 valence electrons. The summed E-state index contributed by atoms with van der Waals surface area (Å²) >= 11 is 6.00. The molecule has 0 spiro atoms. The first-order valence-corrected chi connectivity index (χ1v) is 10.0. The van der Waals surface area contributed by atoms with Crippen LogP contribution in [0.1, 0.15) is 36.5 Å². The molecular formula is C22H25ClN2O5. The largest absolute Gasteiger partial charge is 0.492 e. The Morgan fingerprint density at radius 2 is 1.73 bits per heavy atom. The fraction of sp³-hybridized carbons (Fsp3) is 0.318. The van der Waals surface area contributed by atoms with Gasteiger partial charge < -0.3 is 20.1 Å². The lowest BCUT2D eigenvalue weighted by Gasteiger charge is -2.09. The zero-order chi connectivity index (χ0) is 21.8. The molecule has 0 radical (unpaired) electrons. The first-order chi connectivity index (χ1) is 14.5. The van der Waals surface area contributed by atoms with Crippen molar-refractivity contribution >= 4 is 29.4 Å². The number of nitrogens with one attached hydrogen (secondary N) is 2. The highest BCUT2D eigenvalue weighted by Gasteiger charge is 2.08. The summed E-state index contributed by atoms with van der Waals surface area (Å²) in [7, 11) is 0. The van der Waals surface area contributed by atoms with Crippen molar-refractivity contribution in [3.05, 3.63) is 59.1 Å². The Labute approximate surface area is 180 Å². The maximum atomic E-state index is 12.1. The monoisotopic (exact) mass is 432 g/mol. The fourth-order valence-corrected chi connectivity index (χ4v) is 2.74. The van der Waals surface area contributed by atoms with E-state index < -0.39 is 5.97 Å². The predicted octanol–water partition coefficient (Wildman–Crippen LogP) is 3.36. The van der Waals surface area contributed by atoms with Gasteiger partial charge in [0, 0.05) is 32.0 Å². The average molecular weight is 433 g/mol. The molecule has 30 heavy (non-hydrogen) atoms. The predicted molar refractivity (Wildman–Crippen MR) is 114 cm³/mol. The number of para-hydroxylation sites is 1. The summed E-state index contributed by atoms with van der Waals surface area (Å²) in [6, 6.07) is 13.6. The van der Waals surface area contributed by atoms with Crippen LogP contribution >= 0.6 is 11.6 Å². The Kier molecular flexibility index (Phi) is 9.67. The smallest absolute Gasteiger partial charge is 0.308 e. The Balaban J connectivity index is 1.56. The van der Waals surface area contributed by atoms with Crippen LogP contribution in [0.2, 0.25) is 5.02 Å². The molecule has 0 aliphatic carbocycles. The van der Waals surface area contributed by atoms with Crippen molar-refractivity contribution in [2.24, 2.45) is 0 Å². The molecule has 0 unspecified atom stereocenters. The van der Waals surface area contributed by atoms with Crippen LogP contribution < -0.4 is 20.1 Å². The van der Waals surface area contributed by atoms with E-state index in [-0.39, 0.29) is 11.8 Å². The maximum Gasteiger partial charge on any atom is 0.308 e. The molecule has 0 aromatic heterocycles. The molecule has 0 saturated carbocycles. The van der Waals surface area contributed by atoms with E-state index in [1.165, 1.54) is 13.0 Å². The number of ether oxygens (including phenoxy) is 2. The van der Waals surface area contributed by atoms with Gasteiger partial charge in [0.15, 0.2) is 0 Å². The van der Waals surface area contributed by atoms with Crippen molar-refractivity contribution in [2.45, 2.75) is 26.2 Å². The summed E-state index contributed by atoms with van der Waals surface area (Å²) in [6.07, 6.45) is 1.52. The molecule has 0 aliphatic rings. The van der Waals surface area contributed by atoms with E-state index in [1.807, 2.05) is 12.1 Å². The van der Waals surface area contributed by atoms with E-state index in [1.54, 1.807) is 30.3 Å². The standard InChI is InChI=1S/C22H25ClN2O5/c1-16(26)30-18-8-4-7-17(15-18)22(28)25-13-6-12-24-21(27)11-5-14-29-20-10-3-2-9-19(20)23/h2-4,7-10,15H,5-6,11-14H2,1H3,(H,24,27)(H,25,28). The van der Waals surface area contributed by atoms with Gasteiger partial charge in [0.1, 0.15) is 11.5 Å². The molecule has 8 heteroatoms. The second-order valence-electron chi connectivity index (χ2n) is 6.46. The summed E-state index contributed by atoms with van der Waals surface area (Å²) in [4.78, 5) is 35.0. The van der Waals surface area contributed by atoms with Gasteiger partial charge in [0.25, 0.3) is 5.91 Å². The van der Waals surface area contributed by atoms with Gasteiger partial charge in [-0.3, -0.25) is 14.4 Å². The molecule has 2 N–H and O–H groups in total. The number of hydrogen-bond acceptors (Lipinski definition) is 5. The molecule has 0 atom stereocenters. The molecule has 0 fully saturated rings. The Morgan fingerprint density at radius 1 is 0.967 bits per heavy atom. The molecule has 0 bridgehead atoms. The van der Waals surface area contributed by atoms with Crippen LogP contribution in [0.4, 0.5) is 0 Å². The SMILES string of the molecule is CC(=O)Oc1cccc(C(=O)NCCCNC(=O)CCCOc2ccccc2Cl)c1. The number of amides is 2. The molecule has 0 aliphatic heterocycles. The molecule has 0 heterocycles. The van der Waals surface area contributed by atoms with E-state index in [2.05, 4.69) is 10.6 Å². The highest BCUT2D eigenvalue weighted by Crippen LogP contribution is 2.23. The van der Waals surface area contributed by atoms with Crippen LogP contribution in [-0.2, 0) is 9.59 Å². The summed E-state index contributed by atoms with van der Waals surface area (Å²) in [5.41, 5.74) is 0.399. The highest BCUT2D eigenvalue weighted by molar-refractivity contribution is 6.32. The van der Waals surface area contributed by atoms with Crippen LogP contribution in [0, 0.1) is 0 Å². The van der Waals surface area contributed by atoms with Crippen LogP contribution in [0.15, 0.2) is 48.5 Å². The van der Waals surface area contributed by atoms with E-state index in [0.717, 1.165) is 0 Å². The van der Waals surface area contributed by atoms with E-state index in [0.29, 0.717) is 61.0 Å². The lowest BCUT2D eigenvalue weighted by molar-refractivity contribution is -0.131. The Hall–Kier alpha value is -3.06. The number of rotatable bonds is 11. The normalized spacial score (nSPS) is 10.2. The molecule has 2 aromatic carbocycles. The third kappa shape index (κ3) is 8.53. The van der Waals surface area contributed by atoms with E-state index in [9.17, 15) is 14.4 Å². The van der Waals surface area contributed by atoms with Gasteiger partial charge in [-0.1, -0.05) is 29.8 Å². The van der Waals surface area contributed by atoms with Crippen LogP contribution in [0.5, 0.6) is 11.5 Å². The van der Waals surface area contributed by atoms with Crippen LogP contribution in [0.25, 0.3) is 0 Å². The summed E-state index contributed by atoms with van der Waals surface area (Å²) < 4.78 is 10.5. The minimum Gasteiger partial charge on any atom is -0.492 e. The Bertz CT molecular complexity index is 872. The number of benzene rings is 2. The van der Waals surface area contributed by atoms with Gasteiger partial charge in [-0.2, -0.15) is 0 Å². The lowest BCUT2D eigenvalue weighted by atomic mass is 10.2. The minimum atomic E-state index is -0.446. The zero-order valence-electron chi connectivity index (χ0n) is 16.8. The first-order valence-electron chi connectivity index (χ1n) is 9.66. The zero-order valence-corrected chi connectivity index (χ0v) is 17.5. The molecule has 2 aromatic rings. The van der Waals surface area contributed by atoms with E-state index in [4.69, 9.17) is 21.1 Å². The Morgan fingerprint density at radius 3 is 2.50 bits per heavy atom. The number of carbonyl (C=O) groups is 3. The quantitative estimate of drug-likeness (QED) is 0.322. The number of esters is 1. The van der Waals surface area contributed by atoms with Crippen molar-refractivity contribution in [1.29, 1.82) is 0 Å². The van der Waals surface area contributed by atoms with Crippen molar-refractivity contribution in [3.63, 3.8) is 0 Å².